The lowest BCUT2D eigenvalue weighted by molar-refractivity contribution is -0.150. The Bertz CT molecular complexity index is 1690. The number of piperidine rings is 1. The molecular weight excluding hydrogens is 704 g/mol. The highest BCUT2D eigenvalue weighted by molar-refractivity contribution is 5.88. The zero-order valence-corrected chi connectivity index (χ0v) is 31.2. The summed E-state index contributed by atoms with van der Waals surface area (Å²) in [5.41, 5.74) is -1.08. The Morgan fingerprint density at radius 2 is 1.61 bits per heavy atom. The minimum atomic E-state index is -4.57. The molecule has 0 aromatic heterocycles. The smallest absolute Gasteiger partial charge is 0.416 e. The molecule has 4 saturated heterocycles. The fourth-order valence-electron chi connectivity index (χ4n) is 10.1. The molecule has 9 nitrogen and oxygen atoms in total. The Kier molecular flexibility index (Phi) is 10.9. The second-order valence-corrected chi connectivity index (χ2v) is 16.1. The predicted molar refractivity (Wildman–Crippen MR) is 195 cm³/mol. The quantitative estimate of drug-likeness (QED) is 0.285. The molecule has 2 aromatic carbocycles. The number of likely N-dealkylation sites (tertiary alicyclic amines) is 3. The monoisotopic (exact) mass is 756 g/mol. The molecule has 0 radical (unpaired) electrons. The van der Waals surface area contributed by atoms with Crippen LogP contribution in [0.4, 0.5) is 23.2 Å². The number of anilines is 1. The van der Waals surface area contributed by atoms with Crippen molar-refractivity contribution >= 4 is 23.5 Å². The Balaban J connectivity index is 1.14. The molecule has 294 valence electrons. The first kappa shape index (κ1) is 38.4. The number of halogens is 4. The summed E-state index contributed by atoms with van der Waals surface area (Å²) in [6, 6.07) is 10.5. The number of carboxylic acid groups (broad SMARTS) is 1. The van der Waals surface area contributed by atoms with Gasteiger partial charge >= 0.3 is 12.1 Å². The van der Waals surface area contributed by atoms with Crippen molar-refractivity contribution in [3.8, 4) is 5.75 Å². The number of carbonyl (C=O) groups is 3. The number of rotatable bonds is 9. The van der Waals surface area contributed by atoms with Gasteiger partial charge in [0.1, 0.15) is 11.8 Å². The van der Waals surface area contributed by atoms with Crippen molar-refractivity contribution in [3.05, 3.63) is 59.2 Å². The number of ether oxygens (including phenoxy) is 1. The summed E-state index contributed by atoms with van der Waals surface area (Å²) in [6.07, 6.45) is 2.02. The number of hydrogen-bond acceptors (Lipinski definition) is 6. The maximum Gasteiger partial charge on any atom is 0.416 e. The van der Waals surface area contributed by atoms with Gasteiger partial charge in [0.25, 0.3) is 5.91 Å². The molecule has 4 heterocycles. The van der Waals surface area contributed by atoms with Gasteiger partial charge in [-0.3, -0.25) is 14.5 Å². The van der Waals surface area contributed by atoms with Crippen molar-refractivity contribution in [2.45, 2.75) is 100 Å². The average molecular weight is 757 g/mol. The van der Waals surface area contributed by atoms with Gasteiger partial charge in [-0.15, -0.1) is 0 Å². The number of methoxy groups -OCH3 is 1. The number of benzene rings is 2. The van der Waals surface area contributed by atoms with Gasteiger partial charge in [-0.1, -0.05) is 44.4 Å². The van der Waals surface area contributed by atoms with Gasteiger partial charge in [-0.25, -0.2) is 9.18 Å². The molecule has 2 aromatic rings. The van der Waals surface area contributed by atoms with Crippen LogP contribution >= 0.6 is 0 Å². The van der Waals surface area contributed by atoms with Gasteiger partial charge in [0, 0.05) is 75.3 Å². The van der Waals surface area contributed by atoms with Crippen LogP contribution in [0.3, 0.4) is 0 Å². The normalized spacial score (nSPS) is 28.7. The minimum absolute atomic E-state index is 0.00892. The molecule has 7 rings (SSSR count). The van der Waals surface area contributed by atoms with E-state index in [9.17, 15) is 32.7 Å². The predicted octanol–water partition coefficient (Wildman–Crippen LogP) is 6.71. The highest BCUT2D eigenvalue weighted by atomic mass is 19.4. The molecule has 5 fully saturated rings. The summed E-state index contributed by atoms with van der Waals surface area (Å²) in [5, 5.41) is 9.61. The average Bonchev–Trinajstić information content (AvgIpc) is 4.00. The van der Waals surface area contributed by atoms with Crippen molar-refractivity contribution in [2.75, 3.05) is 57.8 Å². The number of amides is 2. The molecule has 1 saturated carbocycles. The third-order valence-electron chi connectivity index (χ3n) is 13.1. The van der Waals surface area contributed by atoms with Gasteiger partial charge in [-0.05, 0) is 79.8 Å². The third-order valence-corrected chi connectivity index (χ3v) is 13.1. The maximum atomic E-state index is 17.7. The van der Waals surface area contributed by atoms with Crippen LogP contribution < -0.4 is 9.64 Å². The lowest BCUT2D eigenvalue weighted by atomic mass is 9.84. The van der Waals surface area contributed by atoms with Crippen molar-refractivity contribution in [1.29, 1.82) is 0 Å². The number of hydrogen-bond donors (Lipinski definition) is 1. The molecule has 5 atom stereocenters. The first-order valence-corrected chi connectivity index (χ1v) is 19.7. The van der Waals surface area contributed by atoms with Crippen LogP contribution in [0, 0.1) is 11.8 Å². The van der Waals surface area contributed by atoms with Crippen LogP contribution in [0.5, 0.6) is 5.75 Å². The van der Waals surface area contributed by atoms with Gasteiger partial charge in [0.2, 0.25) is 11.6 Å². The van der Waals surface area contributed by atoms with E-state index in [0.29, 0.717) is 81.8 Å². The maximum absolute atomic E-state index is 17.7. The topological polar surface area (TPSA) is 93.6 Å². The van der Waals surface area contributed by atoms with E-state index in [4.69, 9.17) is 4.74 Å². The van der Waals surface area contributed by atoms with Crippen molar-refractivity contribution in [3.63, 3.8) is 0 Å². The van der Waals surface area contributed by atoms with E-state index in [1.807, 2.05) is 24.0 Å². The zero-order chi connectivity index (χ0) is 38.4. The Hall–Kier alpha value is -3.87. The van der Waals surface area contributed by atoms with E-state index in [0.717, 1.165) is 37.3 Å². The molecule has 1 aliphatic carbocycles. The lowest BCUT2D eigenvalue weighted by Gasteiger charge is -2.37. The van der Waals surface area contributed by atoms with Gasteiger partial charge in [0.05, 0.1) is 12.7 Å². The van der Waals surface area contributed by atoms with Crippen LogP contribution in [0.1, 0.15) is 93.2 Å². The fourth-order valence-corrected chi connectivity index (χ4v) is 10.1. The van der Waals surface area contributed by atoms with Crippen LogP contribution in [0.2, 0.25) is 0 Å². The van der Waals surface area contributed by atoms with E-state index >= 15 is 4.39 Å². The Labute approximate surface area is 314 Å². The van der Waals surface area contributed by atoms with Crippen LogP contribution in [0.15, 0.2) is 42.5 Å². The fraction of sp³-hybridized carbons (Fsp3) is 0.634. The van der Waals surface area contributed by atoms with Crippen molar-refractivity contribution < 1.29 is 41.8 Å². The molecule has 0 spiro atoms. The molecule has 54 heavy (non-hydrogen) atoms. The van der Waals surface area contributed by atoms with E-state index in [1.54, 1.807) is 24.1 Å². The van der Waals surface area contributed by atoms with E-state index in [2.05, 4.69) is 4.90 Å². The second kappa shape index (κ2) is 15.3. The number of carbonyl (C=O) groups excluding carboxylic acids is 2. The number of nitrogens with zero attached hydrogens (tertiary/aromatic N) is 4. The first-order valence-electron chi connectivity index (χ1n) is 19.7. The van der Waals surface area contributed by atoms with Crippen molar-refractivity contribution in [2.24, 2.45) is 11.8 Å². The Morgan fingerprint density at radius 1 is 0.907 bits per heavy atom. The number of carboxylic acids is 1. The third kappa shape index (κ3) is 7.29. The lowest BCUT2D eigenvalue weighted by Crippen LogP contribution is -2.50. The van der Waals surface area contributed by atoms with Gasteiger partial charge < -0.3 is 24.5 Å². The number of alkyl halides is 4. The standard InChI is InChI=1S/C41H52F4N4O5/c1-3-26-22-47(39(53)40(42)25-48(30-7-4-5-8-30)24-34(40)27-10-13-31(54-2)14-11-27)23-33(26)32-15-12-29(41(43,44)45)21-36(32)46-19-16-28(17-20-46)37(50)49-18-6-9-35(49)38(51)52/h10-15,21,26,28,30,33-35H,3-9,16-20,22-25H2,1-2H3,(H,51,52)/t26-,33-,34-,35+,40-/m0/s1. The second-order valence-electron chi connectivity index (χ2n) is 16.1. The molecular formula is C41H52F4N4O5. The van der Waals surface area contributed by atoms with Crippen molar-refractivity contribution in [1.82, 2.24) is 14.7 Å². The van der Waals surface area contributed by atoms with E-state index < -0.39 is 47.2 Å². The van der Waals surface area contributed by atoms with Crippen LogP contribution in [0.25, 0.3) is 0 Å². The zero-order valence-electron chi connectivity index (χ0n) is 31.2. The summed E-state index contributed by atoms with van der Waals surface area (Å²) in [7, 11) is 1.57. The largest absolute Gasteiger partial charge is 0.497 e. The summed E-state index contributed by atoms with van der Waals surface area (Å²) in [6.45, 7) is 4.00. The molecule has 2 amide bonds. The molecule has 5 aliphatic rings. The highest BCUT2D eigenvalue weighted by Crippen LogP contribution is 2.47. The summed E-state index contributed by atoms with van der Waals surface area (Å²) < 4.78 is 65.5. The van der Waals surface area contributed by atoms with Gasteiger partial charge in [0.15, 0.2) is 0 Å². The minimum Gasteiger partial charge on any atom is -0.497 e. The van der Waals surface area contributed by atoms with E-state index in [-0.39, 0.29) is 36.9 Å². The number of aliphatic carboxylic acids is 1. The van der Waals surface area contributed by atoms with Crippen LogP contribution in [-0.4, -0.2) is 108 Å². The highest BCUT2D eigenvalue weighted by Gasteiger charge is 2.57. The first-order chi connectivity index (χ1) is 25.8. The van der Waals surface area contributed by atoms with Gasteiger partial charge in [-0.2, -0.15) is 13.2 Å². The van der Waals surface area contributed by atoms with E-state index in [1.165, 1.54) is 17.0 Å². The summed E-state index contributed by atoms with van der Waals surface area (Å²) in [4.78, 5) is 46.8. The Morgan fingerprint density at radius 3 is 2.24 bits per heavy atom. The molecule has 13 heteroatoms. The van der Waals surface area contributed by atoms with Crippen LogP contribution in [-0.2, 0) is 20.6 Å². The summed E-state index contributed by atoms with van der Waals surface area (Å²) in [5.74, 6) is -2.62. The molecule has 0 unspecified atom stereocenters. The molecule has 4 aliphatic heterocycles. The molecule has 1 N–H and O–H groups in total. The molecule has 0 bridgehead atoms. The summed E-state index contributed by atoms with van der Waals surface area (Å²) >= 11 is 0. The SMILES string of the molecule is CC[C@H]1CN(C(=O)[C@]2(F)CN(C3CCCC3)C[C@H]2c2ccc(OC)cc2)C[C@@H]1c1ccc(C(F)(F)F)cc1N1CCC(C(=O)N2CCC[C@@H]2C(=O)O)CC1.